The number of fused-ring (bicyclic) bond motifs is 1. The summed E-state index contributed by atoms with van der Waals surface area (Å²) in [4.78, 5) is 0. The van der Waals surface area contributed by atoms with E-state index >= 15 is 0 Å². The summed E-state index contributed by atoms with van der Waals surface area (Å²) in [5.74, 6) is 0. The summed E-state index contributed by atoms with van der Waals surface area (Å²) < 4.78 is 0. The Bertz CT molecular complexity index is 223. The molecule has 0 saturated carbocycles. The summed E-state index contributed by atoms with van der Waals surface area (Å²) in [6, 6.07) is 0. The van der Waals surface area contributed by atoms with Crippen molar-refractivity contribution in [3.63, 3.8) is 0 Å². The number of allylic oxidation sites excluding steroid dienone is 4. The molecule has 1 aliphatic heterocycles. The molecule has 2 rings (SSSR count). The van der Waals surface area contributed by atoms with Gasteiger partial charge in [0.05, 0.1) is 18.1 Å². The summed E-state index contributed by atoms with van der Waals surface area (Å²) in [5.41, 5.74) is 2.46. The van der Waals surface area contributed by atoms with Crippen LogP contribution in [-0.2, 0) is 0 Å². The van der Waals surface area contributed by atoms with Gasteiger partial charge in [0, 0.05) is 0 Å². The van der Waals surface area contributed by atoms with E-state index in [-0.39, 0.29) is 0 Å². The second-order valence-corrected chi connectivity index (χ2v) is 2.39. The SMILES string of the molecule is C1=CCC=C2NCNC2=C1. The maximum absolute atomic E-state index is 3.24. The van der Waals surface area contributed by atoms with Gasteiger partial charge in [0.2, 0.25) is 0 Å². The maximum Gasteiger partial charge on any atom is 0.0850 e. The quantitative estimate of drug-likeness (QED) is 0.513. The summed E-state index contributed by atoms with van der Waals surface area (Å²) >= 11 is 0. The molecule has 0 aromatic rings. The van der Waals surface area contributed by atoms with E-state index in [0.717, 1.165) is 13.1 Å². The van der Waals surface area contributed by atoms with Crippen molar-refractivity contribution in [3.8, 4) is 0 Å². The van der Waals surface area contributed by atoms with E-state index in [1.807, 2.05) is 0 Å². The van der Waals surface area contributed by atoms with E-state index < -0.39 is 0 Å². The lowest BCUT2D eigenvalue weighted by Gasteiger charge is -1.94. The van der Waals surface area contributed by atoms with Crippen molar-refractivity contribution in [3.05, 3.63) is 35.7 Å². The van der Waals surface area contributed by atoms with Gasteiger partial charge in [-0.2, -0.15) is 0 Å². The second kappa shape index (κ2) is 2.21. The zero-order chi connectivity index (χ0) is 6.81. The van der Waals surface area contributed by atoms with Crippen LogP contribution >= 0.6 is 0 Å². The molecule has 0 bridgehead atoms. The molecule has 1 saturated heterocycles. The third kappa shape index (κ3) is 0.817. The summed E-state index contributed by atoms with van der Waals surface area (Å²) in [6.07, 6.45) is 9.54. The fourth-order valence-electron chi connectivity index (χ4n) is 1.18. The van der Waals surface area contributed by atoms with Crippen molar-refractivity contribution in [2.75, 3.05) is 6.67 Å². The molecule has 2 aliphatic rings. The Hall–Kier alpha value is -1.18. The summed E-state index contributed by atoms with van der Waals surface area (Å²) in [5, 5.41) is 6.47. The Morgan fingerprint density at radius 2 is 2.10 bits per heavy atom. The molecule has 0 spiro atoms. The van der Waals surface area contributed by atoms with E-state index in [2.05, 4.69) is 34.9 Å². The average Bonchev–Trinajstić information content (AvgIpc) is 2.28. The molecule has 0 atom stereocenters. The molecule has 0 aromatic heterocycles. The summed E-state index contributed by atoms with van der Waals surface area (Å²) in [7, 11) is 0. The molecule has 0 radical (unpaired) electrons. The van der Waals surface area contributed by atoms with Gasteiger partial charge in [-0.25, -0.2) is 0 Å². The first kappa shape index (κ1) is 5.59. The predicted octanol–water partition coefficient (Wildman–Crippen LogP) is 0.864. The lowest BCUT2D eigenvalue weighted by Crippen LogP contribution is -2.10. The molecule has 0 amide bonds. The van der Waals surface area contributed by atoms with Crippen LogP contribution in [0, 0.1) is 0 Å². The van der Waals surface area contributed by atoms with Gasteiger partial charge in [-0.15, -0.1) is 0 Å². The third-order valence-corrected chi connectivity index (χ3v) is 1.70. The highest BCUT2D eigenvalue weighted by molar-refractivity contribution is 5.36. The average molecular weight is 134 g/mol. The van der Waals surface area contributed by atoms with Crippen molar-refractivity contribution in [2.45, 2.75) is 6.42 Å². The molecule has 2 N–H and O–H groups in total. The Labute approximate surface area is 60.3 Å². The molecule has 1 fully saturated rings. The van der Waals surface area contributed by atoms with Crippen LogP contribution in [0.25, 0.3) is 0 Å². The minimum atomic E-state index is 0.867. The van der Waals surface area contributed by atoms with Gasteiger partial charge in [-0.1, -0.05) is 18.2 Å². The topological polar surface area (TPSA) is 24.1 Å². The van der Waals surface area contributed by atoms with Gasteiger partial charge in [0.15, 0.2) is 0 Å². The van der Waals surface area contributed by atoms with Crippen LogP contribution in [0.1, 0.15) is 6.42 Å². The fourth-order valence-corrected chi connectivity index (χ4v) is 1.18. The Morgan fingerprint density at radius 3 is 3.10 bits per heavy atom. The second-order valence-electron chi connectivity index (χ2n) is 2.39. The van der Waals surface area contributed by atoms with Gasteiger partial charge in [0.1, 0.15) is 0 Å². The Morgan fingerprint density at radius 1 is 1.20 bits per heavy atom. The lowest BCUT2D eigenvalue weighted by molar-refractivity contribution is 0.838. The summed E-state index contributed by atoms with van der Waals surface area (Å²) in [6.45, 7) is 0.867. The normalized spacial score (nSPS) is 21.6. The van der Waals surface area contributed by atoms with Crippen molar-refractivity contribution in [1.29, 1.82) is 0 Å². The van der Waals surface area contributed by atoms with Crippen molar-refractivity contribution in [2.24, 2.45) is 0 Å². The van der Waals surface area contributed by atoms with Gasteiger partial charge in [0.25, 0.3) is 0 Å². The predicted molar refractivity (Wildman–Crippen MR) is 41.1 cm³/mol. The van der Waals surface area contributed by atoms with Gasteiger partial charge in [-0.3, -0.25) is 0 Å². The standard InChI is InChI=1S/C8H10N2/c1-2-4-7-8(5-3-1)10-6-9-7/h1-2,4-5,9-10H,3,6H2. The highest BCUT2D eigenvalue weighted by Crippen LogP contribution is 2.12. The first-order chi connectivity index (χ1) is 4.97. The van der Waals surface area contributed by atoms with Gasteiger partial charge >= 0.3 is 0 Å². The first-order valence-corrected chi connectivity index (χ1v) is 3.52. The number of rotatable bonds is 0. The monoisotopic (exact) mass is 134 g/mol. The number of nitrogens with one attached hydrogen (secondary N) is 2. The molecular weight excluding hydrogens is 124 g/mol. The van der Waals surface area contributed by atoms with Crippen LogP contribution in [0.2, 0.25) is 0 Å². The minimum absolute atomic E-state index is 0.867. The molecule has 2 heteroatoms. The number of hydrogen-bond donors (Lipinski definition) is 2. The van der Waals surface area contributed by atoms with E-state index in [4.69, 9.17) is 0 Å². The van der Waals surface area contributed by atoms with E-state index in [1.54, 1.807) is 0 Å². The Balaban J connectivity index is 2.34. The molecule has 1 heterocycles. The van der Waals surface area contributed by atoms with Crippen LogP contribution < -0.4 is 10.6 Å². The lowest BCUT2D eigenvalue weighted by atomic mass is 10.3. The molecule has 2 nitrogen and oxygen atoms in total. The number of hydrogen-bond acceptors (Lipinski definition) is 2. The third-order valence-electron chi connectivity index (χ3n) is 1.70. The van der Waals surface area contributed by atoms with Gasteiger partial charge < -0.3 is 10.6 Å². The van der Waals surface area contributed by atoms with Crippen LogP contribution in [0.4, 0.5) is 0 Å². The molecule has 10 heavy (non-hydrogen) atoms. The largest absolute Gasteiger partial charge is 0.367 e. The minimum Gasteiger partial charge on any atom is -0.367 e. The van der Waals surface area contributed by atoms with Crippen molar-refractivity contribution < 1.29 is 0 Å². The van der Waals surface area contributed by atoms with Crippen LogP contribution in [0.3, 0.4) is 0 Å². The first-order valence-electron chi connectivity index (χ1n) is 3.52. The molecule has 1 aliphatic carbocycles. The zero-order valence-electron chi connectivity index (χ0n) is 5.72. The van der Waals surface area contributed by atoms with E-state index in [9.17, 15) is 0 Å². The molecule has 52 valence electrons. The van der Waals surface area contributed by atoms with Crippen LogP contribution in [-0.4, -0.2) is 6.67 Å². The van der Waals surface area contributed by atoms with Crippen LogP contribution in [0.15, 0.2) is 35.7 Å². The Kier molecular flexibility index (Phi) is 1.24. The van der Waals surface area contributed by atoms with Crippen molar-refractivity contribution >= 4 is 0 Å². The molecular formula is C8H10N2. The van der Waals surface area contributed by atoms with Gasteiger partial charge in [-0.05, 0) is 12.5 Å². The highest BCUT2D eigenvalue weighted by Gasteiger charge is 2.09. The highest BCUT2D eigenvalue weighted by atomic mass is 15.2. The smallest absolute Gasteiger partial charge is 0.0850 e. The van der Waals surface area contributed by atoms with Crippen molar-refractivity contribution in [1.82, 2.24) is 10.6 Å². The fraction of sp³-hybridized carbons (Fsp3) is 0.250. The zero-order valence-corrected chi connectivity index (χ0v) is 5.72. The van der Waals surface area contributed by atoms with Crippen LogP contribution in [0.5, 0.6) is 0 Å². The maximum atomic E-state index is 3.24. The van der Waals surface area contributed by atoms with E-state index in [0.29, 0.717) is 0 Å². The molecule has 0 aromatic carbocycles. The molecule has 0 unspecified atom stereocenters. The van der Waals surface area contributed by atoms with E-state index in [1.165, 1.54) is 11.4 Å².